The largest absolute Gasteiger partial charge is 0.481 e. The van der Waals surface area contributed by atoms with E-state index in [-0.39, 0.29) is 11.4 Å². The van der Waals surface area contributed by atoms with Crippen LogP contribution in [0.1, 0.15) is 5.69 Å². The number of rotatable bonds is 4. The van der Waals surface area contributed by atoms with E-state index in [4.69, 9.17) is 5.11 Å². The molecule has 0 amide bonds. The van der Waals surface area contributed by atoms with Gasteiger partial charge in [0.15, 0.2) is 9.37 Å². The minimum atomic E-state index is -0.975. The number of aromatic nitrogens is 4. The van der Waals surface area contributed by atoms with Gasteiger partial charge in [-0.1, -0.05) is 0 Å². The number of carboxylic acids is 1. The van der Waals surface area contributed by atoms with Crippen LogP contribution in [0.15, 0.2) is 24.3 Å². The lowest BCUT2D eigenvalue weighted by molar-refractivity contribution is -0.136. The first-order valence-electron chi connectivity index (χ1n) is 4.57. The third-order valence-corrected chi connectivity index (χ3v) is 3.68. The van der Waals surface area contributed by atoms with E-state index < -0.39 is 17.2 Å². The van der Waals surface area contributed by atoms with Crippen LogP contribution in [0.4, 0.5) is 0 Å². The zero-order valence-corrected chi connectivity index (χ0v) is 10.3. The summed E-state index contributed by atoms with van der Waals surface area (Å²) in [6.07, 6.45) is -0.174. The van der Waals surface area contributed by atoms with Gasteiger partial charge in [0.2, 0.25) is 0 Å². The summed E-state index contributed by atoms with van der Waals surface area (Å²) in [5, 5.41) is 15.9. The van der Waals surface area contributed by atoms with Crippen molar-refractivity contribution in [3.8, 4) is 0 Å². The van der Waals surface area contributed by atoms with Crippen molar-refractivity contribution in [3.05, 3.63) is 31.9 Å². The third-order valence-electron chi connectivity index (χ3n) is 1.73. The molecule has 2 rings (SSSR count). The Bertz CT molecular complexity index is 689. The van der Waals surface area contributed by atoms with Crippen molar-refractivity contribution in [3.63, 3.8) is 0 Å². The van der Waals surface area contributed by atoms with Crippen LogP contribution in [0.3, 0.4) is 0 Å². The van der Waals surface area contributed by atoms with Gasteiger partial charge in [-0.15, -0.1) is 11.3 Å². The highest BCUT2D eigenvalue weighted by Crippen LogP contribution is 2.26. The molecular weight excluding hydrogens is 280 g/mol. The summed E-state index contributed by atoms with van der Waals surface area (Å²) in [4.78, 5) is 38.6. The molecule has 0 atom stereocenters. The normalized spacial score (nSPS) is 10.4. The summed E-state index contributed by atoms with van der Waals surface area (Å²) < 4.78 is 0.483. The van der Waals surface area contributed by atoms with Crippen molar-refractivity contribution >= 4 is 29.1 Å². The summed E-state index contributed by atoms with van der Waals surface area (Å²) >= 11 is 2.16. The van der Waals surface area contributed by atoms with Crippen LogP contribution in [0.2, 0.25) is 0 Å². The summed E-state index contributed by atoms with van der Waals surface area (Å²) in [6.45, 7) is 0. The summed E-state index contributed by atoms with van der Waals surface area (Å²) in [5.41, 5.74) is -0.885. The lowest BCUT2D eigenvalue weighted by Crippen LogP contribution is -2.24. The number of carbonyl (C=O) groups is 1. The number of nitrogens with zero attached hydrogens (tertiary/aromatic N) is 2. The zero-order valence-electron chi connectivity index (χ0n) is 8.67. The molecule has 0 radical (unpaired) electrons. The topological polar surface area (TPSA) is 129 Å². The van der Waals surface area contributed by atoms with Crippen molar-refractivity contribution in [1.82, 2.24) is 20.2 Å². The molecule has 0 saturated heterocycles. The minimum absolute atomic E-state index is 0.0471. The van der Waals surface area contributed by atoms with Gasteiger partial charge >= 0.3 is 11.7 Å². The van der Waals surface area contributed by atoms with E-state index in [9.17, 15) is 14.4 Å². The third kappa shape index (κ3) is 3.05. The molecule has 0 fully saturated rings. The van der Waals surface area contributed by atoms with E-state index in [0.29, 0.717) is 10.0 Å². The second-order valence-electron chi connectivity index (χ2n) is 3.09. The molecule has 0 aliphatic rings. The minimum Gasteiger partial charge on any atom is -0.481 e. The van der Waals surface area contributed by atoms with Crippen LogP contribution in [0.5, 0.6) is 0 Å². The first kappa shape index (κ1) is 12.5. The molecule has 0 aliphatic heterocycles. The smallest absolute Gasteiger partial charge is 0.342 e. The van der Waals surface area contributed by atoms with Gasteiger partial charge in [-0.25, -0.2) is 14.9 Å². The Balaban J connectivity index is 2.18. The molecule has 2 aromatic heterocycles. The number of aromatic amines is 2. The van der Waals surface area contributed by atoms with E-state index in [2.05, 4.69) is 15.2 Å². The highest BCUT2D eigenvalue weighted by atomic mass is 32.2. The predicted octanol–water partition coefficient (Wildman–Crippen LogP) is -0.307. The Kier molecular flexibility index (Phi) is 3.58. The lowest BCUT2D eigenvalue weighted by atomic mass is 10.3. The van der Waals surface area contributed by atoms with E-state index >= 15 is 0 Å². The molecule has 18 heavy (non-hydrogen) atoms. The quantitative estimate of drug-likeness (QED) is 0.703. The first-order chi connectivity index (χ1) is 8.54. The van der Waals surface area contributed by atoms with E-state index in [1.807, 2.05) is 4.98 Å². The molecule has 0 aromatic carbocycles. The number of hydrogen-bond acceptors (Lipinski definition) is 7. The number of H-pyrrole nitrogens is 2. The standard InChI is InChI=1S/C8H6N4O4S2/c13-4(14)1-3-2-17-8(9-3)18-6-5(15)10-7(16)12-11-6/h2H,1H2,(H,13,14)(H2,10,12,15,16). The van der Waals surface area contributed by atoms with Crippen molar-refractivity contribution in [2.45, 2.75) is 15.8 Å². The second-order valence-corrected chi connectivity index (χ2v) is 5.18. The van der Waals surface area contributed by atoms with Crippen molar-refractivity contribution in [2.75, 3.05) is 0 Å². The van der Waals surface area contributed by atoms with Gasteiger partial charge in [0, 0.05) is 5.38 Å². The highest BCUT2D eigenvalue weighted by Gasteiger charge is 2.10. The zero-order chi connectivity index (χ0) is 13.1. The number of aliphatic carboxylic acids is 1. The van der Waals surface area contributed by atoms with Gasteiger partial charge < -0.3 is 5.11 Å². The average molecular weight is 286 g/mol. The van der Waals surface area contributed by atoms with Crippen LogP contribution in [0, 0.1) is 0 Å². The van der Waals surface area contributed by atoms with Gasteiger partial charge in [0.05, 0.1) is 12.1 Å². The molecule has 3 N–H and O–H groups in total. The Morgan fingerprint density at radius 2 is 2.28 bits per heavy atom. The number of thiazole rings is 1. The summed E-state index contributed by atoms with van der Waals surface area (Å²) in [6, 6.07) is 0. The van der Waals surface area contributed by atoms with Gasteiger partial charge in [0.1, 0.15) is 0 Å². The van der Waals surface area contributed by atoms with Gasteiger partial charge in [0.25, 0.3) is 5.56 Å². The molecule has 0 saturated carbocycles. The van der Waals surface area contributed by atoms with Gasteiger partial charge in [-0.05, 0) is 11.8 Å². The van der Waals surface area contributed by atoms with Crippen LogP contribution in [-0.4, -0.2) is 31.2 Å². The maximum Gasteiger partial charge on any atom is 0.342 e. The second kappa shape index (κ2) is 5.14. The fraction of sp³-hybridized carbons (Fsp3) is 0.125. The van der Waals surface area contributed by atoms with Crippen molar-refractivity contribution < 1.29 is 9.90 Å². The van der Waals surface area contributed by atoms with Crippen molar-refractivity contribution in [2.24, 2.45) is 0 Å². The molecular formula is C8H6N4O4S2. The van der Waals surface area contributed by atoms with E-state index in [1.54, 1.807) is 5.38 Å². The Morgan fingerprint density at radius 3 is 2.94 bits per heavy atom. The van der Waals surface area contributed by atoms with Gasteiger partial charge in [-0.2, -0.15) is 5.10 Å². The number of nitrogens with one attached hydrogen (secondary N) is 2. The van der Waals surface area contributed by atoms with Crippen LogP contribution in [0.25, 0.3) is 0 Å². The molecule has 0 bridgehead atoms. The molecule has 2 aromatic rings. The molecule has 94 valence electrons. The first-order valence-corrected chi connectivity index (χ1v) is 6.27. The molecule has 8 nitrogen and oxygen atoms in total. The van der Waals surface area contributed by atoms with Gasteiger partial charge in [-0.3, -0.25) is 14.6 Å². The Hall–Kier alpha value is -1.94. The van der Waals surface area contributed by atoms with Crippen LogP contribution < -0.4 is 11.2 Å². The number of carboxylic acid groups (broad SMARTS) is 1. The lowest BCUT2D eigenvalue weighted by Gasteiger charge is -1.93. The summed E-state index contributed by atoms with van der Waals surface area (Å²) in [5.74, 6) is -0.975. The maximum absolute atomic E-state index is 11.4. The molecule has 0 spiro atoms. The molecule has 2 heterocycles. The number of hydrogen-bond donors (Lipinski definition) is 3. The Labute approximate surface area is 107 Å². The van der Waals surface area contributed by atoms with E-state index in [0.717, 1.165) is 11.8 Å². The van der Waals surface area contributed by atoms with Crippen molar-refractivity contribution in [1.29, 1.82) is 0 Å². The maximum atomic E-state index is 11.4. The Morgan fingerprint density at radius 1 is 1.50 bits per heavy atom. The molecule has 0 aliphatic carbocycles. The summed E-state index contributed by atoms with van der Waals surface area (Å²) in [7, 11) is 0. The SMILES string of the molecule is O=C(O)Cc1csc(Sc2n[nH]c(=O)[nH]c2=O)n1. The van der Waals surface area contributed by atoms with Crippen LogP contribution in [-0.2, 0) is 11.2 Å². The molecule has 10 heteroatoms. The monoisotopic (exact) mass is 286 g/mol. The molecule has 0 unspecified atom stereocenters. The highest BCUT2D eigenvalue weighted by molar-refractivity contribution is 8.00. The van der Waals surface area contributed by atoms with Crippen LogP contribution >= 0.6 is 23.1 Å². The fourth-order valence-electron chi connectivity index (χ4n) is 1.06. The average Bonchev–Trinajstić information content (AvgIpc) is 2.69. The van der Waals surface area contributed by atoms with E-state index in [1.165, 1.54) is 11.3 Å². The fourth-order valence-corrected chi connectivity index (χ4v) is 2.74. The predicted molar refractivity (Wildman–Crippen MR) is 63.1 cm³/mol.